The zero-order chi connectivity index (χ0) is 19.3. The van der Waals surface area contributed by atoms with Crippen LogP contribution in [0, 0.1) is 0 Å². The maximum Gasteiger partial charge on any atom is 0.409 e. The van der Waals surface area contributed by atoms with Crippen molar-refractivity contribution in [2.45, 2.75) is 45.2 Å². The molecular weight excluding hydrogens is 354 g/mol. The number of nitrogens with zero attached hydrogens (tertiary/aromatic N) is 5. The van der Waals surface area contributed by atoms with Gasteiger partial charge in [0.25, 0.3) is 0 Å². The van der Waals surface area contributed by atoms with Crippen LogP contribution in [0.5, 0.6) is 0 Å². The van der Waals surface area contributed by atoms with Crippen LogP contribution in [0.15, 0.2) is 30.3 Å². The number of likely N-dealkylation sites (tertiary alicyclic amines) is 1. The van der Waals surface area contributed by atoms with E-state index in [-0.39, 0.29) is 6.09 Å². The first kappa shape index (κ1) is 18.9. The highest BCUT2D eigenvalue weighted by Gasteiger charge is 2.29. The van der Waals surface area contributed by atoms with Gasteiger partial charge in [0.15, 0.2) is 5.82 Å². The van der Waals surface area contributed by atoms with Crippen LogP contribution in [0.25, 0.3) is 0 Å². The second-order valence-corrected chi connectivity index (χ2v) is 7.53. The number of ether oxygens (including phenoxy) is 1. The minimum absolute atomic E-state index is 0.174. The molecule has 0 radical (unpaired) electrons. The third kappa shape index (κ3) is 4.35. The van der Waals surface area contributed by atoms with Crippen molar-refractivity contribution >= 4 is 6.09 Å². The molecule has 1 fully saturated rings. The van der Waals surface area contributed by atoms with Gasteiger partial charge in [0.05, 0.1) is 13.2 Å². The minimum atomic E-state index is -0.174. The summed E-state index contributed by atoms with van der Waals surface area (Å²) in [7, 11) is 0. The number of rotatable bonds is 4. The van der Waals surface area contributed by atoms with Crippen molar-refractivity contribution in [1.82, 2.24) is 24.6 Å². The summed E-state index contributed by atoms with van der Waals surface area (Å²) in [6.45, 7) is 6.74. The fraction of sp³-hybridized carbons (Fsp3) is 0.571. The van der Waals surface area contributed by atoms with Crippen molar-refractivity contribution in [2.75, 3.05) is 32.8 Å². The van der Waals surface area contributed by atoms with Crippen molar-refractivity contribution in [3.05, 3.63) is 47.5 Å². The van der Waals surface area contributed by atoms with Gasteiger partial charge in [-0.25, -0.2) is 14.5 Å². The van der Waals surface area contributed by atoms with Gasteiger partial charge in [-0.2, -0.15) is 5.10 Å². The summed E-state index contributed by atoms with van der Waals surface area (Å²) in [5.74, 6) is 2.01. The molecule has 0 N–H and O–H groups in total. The van der Waals surface area contributed by atoms with Gasteiger partial charge < -0.3 is 9.64 Å². The molecule has 1 aromatic carbocycles. The molecule has 1 amide bonds. The van der Waals surface area contributed by atoms with Crippen LogP contribution in [0.1, 0.15) is 37.0 Å². The van der Waals surface area contributed by atoms with E-state index >= 15 is 0 Å². The molecule has 0 bridgehead atoms. The van der Waals surface area contributed by atoms with Crippen molar-refractivity contribution in [3.63, 3.8) is 0 Å². The van der Waals surface area contributed by atoms with Gasteiger partial charge in [0, 0.05) is 45.1 Å². The van der Waals surface area contributed by atoms with E-state index in [1.54, 1.807) is 0 Å². The average molecular weight is 383 g/mol. The van der Waals surface area contributed by atoms with E-state index in [4.69, 9.17) is 14.8 Å². The lowest BCUT2D eigenvalue weighted by Gasteiger charge is -2.37. The quantitative estimate of drug-likeness (QED) is 0.811. The number of hydrogen-bond acceptors (Lipinski definition) is 5. The van der Waals surface area contributed by atoms with E-state index in [0.717, 1.165) is 70.1 Å². The molecule has 2 aliphatic heterocycles. The number of piperidine rings is 1. The van der Waals surface area contributed by atoms with E-state index < -0.39 is 0 Å². The number of amides is 1. The summed E-state index contributed by atoms with van der Waals surface area (Å²) in [5.41, 5.74) is 1.25. The van der Waals surface area contributed by atoms with Crippen LogP contribution in [-0.4, -0.2) is 69.5 Å². The highest BCUT2D eigenvalue weighted by molar-refractivity contribution is 5.67. The molecule has 2 aromatic rings. The number of benzene rings is 1. The molecule has 7 heteroatoms. The Labute approximate surface area is 166 Å². The van der Waals surface area contributed by atoms with E-state index in [1.807, 2.05) is 17.9 Å². The minimum Gasteiger partial charge on any atom is -0.450 e. The Kier molecular flexibility index (Phi) is 5.90. The first-order valence-corrected chi connectivity index (χ1v) is 10.3. The molecule has 2 aliphatic rings. The summed E-state index contributed by atoms with van der Waals surface area (Å²) < 4.78 is 7.21. The van der Waals surface area contributed by atoms with Crippen LogP contribution < -0.4 is 0 Å². The van der Waals surface area contributed by atoms with E-state index in [1.165, 1.54) is 5.56 Å². The molecule has 1 aromatic heterocycles. The molecule has 4 rings (SSSR count). The Morgan fingerprint density at radius 2 is 1.89 bits per heavy atom. The Hall–Kier alpha value is -2.41. The number of aromatic nitrogens is 3. The van der Waals surface area contributed by atoms with Crippen LogP contribution >= 0.6 is 0 Å². The maximum absolute atomic E-state index is 11.9. The standard InChI is InChI=1S/C21H29N5O2/c1-2-28-21(27)25-11-8-18(9-12-25)24-13-10-20-22-19(23-26(20)15-14-24)16-17-6-4-3-5-7-17/h3-7,18H,2,8-16H2,1H3. The molecule has 0 aliphatic carbocycles. The molecule has 0 spiro atoms. The van der Waals surface area contributed by atoms with Gasteiger partial charge in [-0.05, 0) is 25.3 Å². The van der Waals surface area contributed by atoms with Crippen molar-refractivity contribution < 1.29 is 9.53 Å². The van der Waals surface area contributed by atoms with E-state index in [0.29, 0.717) is 12.6 Å². The zero-order valence-corrected chi connectivity index (χ0v) is 16.6. The second-order valence-electron chi connectivity index (χ2n) is 7.53. The Bertz CT molecular complexity index is 758. The third-order valence-electron chi connectivity index (χ3n) is 5.73. The van der Waals surface area contributed by atoms with Gasteiger partial charge in [-0.3, -0.25) is 4.90 Å². The van der Waals surface area contributed by atoms with Gasteiger partial charge in [0.2, 0.25) is 0 Å². The van der Waals surface area contributed by atoms with Crippen molar-refractivity contribution in [2.24, 2.45) is 0 Å². The lowest BCUT2D eigenvalue weighted by molar-refractivity contribution is 0.0750. The highest BCUT2D eigenvalue weighted by Crippen LogP contribution is 2.20. The van der Waals surface area contributed by atoms with Crippen LogP contribution in [-0.2, 0) is 24.1 Å². The lowest BCUT2D eigenvalue weighted by atomic mass is 10.0. The molecule has 0 atom stereocenters. The van der Waals surface area contributed by atoms with E-state index in [2.05, 4.69) is 33.8 Å². The number of fused-ring (bicyclic) bond motifs is 1. The molecular formula is C21H29N5O2. The molecule has 7 nitrogen and oxygen atoms in total. The smallest absolute Gasteiger partial charge is 0.409 e. The molecule has 0 unspecified atom stereocenters. The largest absolute Gasteiger partial charge is 0.450 e. The molecule has 1 saturated heterocycles. The molecule has 3 heterocycles. The fourth-order valence-electron chi connectivity index (χ4n) is 4.22. The summed E-state index contributed by atoms with van der Waals surface area (Å²) in [6, 6.07) is 10.9. The monoisotopic (exact) mass is 383 g/mol. The fourth-order valence-corrected chi connectivity index (χ4v) is 4.22. The summed E-state index contributed by atoms with van der Waals surface area (Å²) in [4.78, 5) is 21.1. The predicted octanol–water partition coefficient (Wildman–Crippen LogP) is 2.35. The zero-order valence-electron chi connectivity index (χ0n) is 16.6. The van der Waals surface area contributed by atoms with Gasteiger partial charge >= 0.3 is 6.09 Å². The van der Waals surface area contributed by atoms with Gasteiger partial charge in [-0.1, -0.05) is 30.3 Å². The number of carbonyl (C=O) groups excluding carboxylic acids is 1. The highest BCUT2D eigenvalue weighted by atomic mass is 16.6. The normalized spacial score (nSPS) is 18.5. The summed E-state index contributed by atoms with van der Waals surface area (Å²) in [6.07, 6.45) is 3.56. The number of carbonyl (C=O) groups is 1. The third-order valence-corrected chi connectivity index (χ3v) is 5.73. The first-order chi connectivity index (χ1) is 13.7. The SMILES string of the molecule is CCOC(=O)N1CCC(N2CCc3nc(Cc4ccccc4)nn3CC2)CC1. The van der Waals surface area contributed by atoms with Crippen molar-refractivity contribution in [1.29, 1.82) is 0 Å². The number of hydrogen-bond donors (Lipinski definition) is 0. The maximum atomic E-state index is 11.9. The molecule has 150 valence electrons. The summed E-state index contributed by atoms with van der Waals surface area (Å²) in [5, 5.41) is 4.75. The Balaban J connectivity index is 1.31. The van der Waals surface area contributed by atoms with Gasteiger partial charge in [-0.15, -0.1) is 0 Å². The van der Waals surface area contributed by atoms with Crippen molar-refractivity contribution in [3.8, 4) is 0 Å². The van der Waals surface area contributed by atoms with E-state index in [9.17, 15) is 4.79 Å². The van der Waals surface area contributed by atoms with Crippen LogP contribution in [0.4, 0.5) is 4.79 Å². The molecule has 28 heavy (non-hydrogen) atoms. The van der Waals surface area contributed by atoms with Crippen LogP contribution in [0.2, 0.25) is 0 Å². The predicted molar refractivity (Wildman–Crippen MR) is 106 cm³/mol. The second kappa shape index (κ2) is 8.73. The topological polar surface area (TPSA) is 63.5 Å². The Morgan fingerprint density at radius 1 is 1.11 bits per heavy atom. The lowest BCUT2D eigenvalue weighted by Crippen LogP contribution is -2.47. The first-order valence-electron chi connectivity index (χ1n) is 10.3. The average Bonchev–Trinajstić information content (AvgIpc) is 3.00. The summed E-state index contributed by atoms with van der Waals surface area (Å²) >= 11 is 0. The molecule has 0 saturated carbocycles. The van der Waals surface area contributed by atoms with Gasteiger partial charge in [0.1, 0.15) is 5.82 Å². The Morgan fingerprint density at radius 3 is 2.64 bits per heavy atom. The van der Waals surface area contributed by atoms with Crippen LogP contribution in [0.3, 0.4) is 0 Å².